The van der Waals surface area contributed by atoms with E-state index >= 15 is 0 Å². The largest absolute Gasteiger partial charge is 0.310 e. The molecule has 0 unspecified atom stereocenters. The molecule has 0 saturated carbocycles. The van der Waals surface area contributed by atoms with E-state index in [1.54, 1.807) is 54.6 Å². The van der Waals surface area contributed by atoms with E-state index in [0.717, 1.165) is 5.69 Å². The zero-order valence-electron chi connectivity index (χ0n) is 18.9. The number of aryl methyl sites for hydroxylation is 1. The van der Waals surface area contributed by atoms with E-state index in [4.69, 9.17) is 0 Å². The van der Waals surface area contributed by atoms with E-state index in [1.165, 1.54) is 12.1 Å². The standard InChI is InChI=1S/C24H25FN6O2/c1-15-7-5-10-21(27-15)28-22(32)13-30(4)14-23(33)29-24-20(12-26)16(2)17(3)31(24)19-9-6-8-18(25)11-19/h5-11H,13-14H2,1-4H3,(H,29,33)(H,27,28,32). The highest BCUT2D eigenvalue weighted by Crippen LogP contribution is 2.30. The van der Waals surface area contributed by atoms with Gasteiger partial charge in [-0.25, -0.2) is 9.37 Å². The van der Waals surface area contributed by atoms with Crippen molar-refractivity contribution in [3.63, 3.8) is 0 Å². The van der Waals surface area contributed by atoms with Gasteiger partial charge in [-0.15, -0.1) is 0 Å². The molecule has 1 aromatic carbocycles. The summed E-state index contributed by atoms with van der Waals surface area (Å²) < 4.78 is 15.5. The van der Waals surface area contributed by atoms with Crippen LogP contribution in [0.5, 0.6) is 0 Å². The van der Waals surface area contributed by atoms with E-state index in [9.17, 15) is 19.2 Å². The minimum Gasteiger partial charge on any atom is -0.310 e. The van der Waals surface area contributed by atoms with Crippen molar-refractivity contribution >= 4 is 23.5 Å². The van der Waals surface area contributed by atoms with Crippen LogP contribution >= 0.6 is 0 Å². The summed E-state index contributed by atoms with van der Waals surface area (Å²) in [5.74, 6) is -0.440. The van der Waals surface area contributed by atoms with Crippen molar-refractivity contribution in [2.24, 2.45) is 0 Å². The molecule has 0 saturated heterocycles. The van der Waals surface area contributed by atoms with Gasteiger partial charge < -0.3 is 10.6 Å². The summed E-state index contributed by atoms with van der Waals surface area (Å²) in [6.07, 6.45) is 0. The van der Waals surface area contributed by atoms with E-state index < -0.39 is 11.7 Å². The van der Waals surface area contributed by atoms with Crippen molar-refractivity contribution < 1.29 is 14.0 Å². The first-order valence-corrected chi connectivity index (χ1v) is 10.3. The fourth-order valence-corrected chi connectivity index (χ4v) is 3.51. The molecule has 0 aliphatic carbocycles. The van der Waals surface area contributed by atoms with E-state index in [-0.39, 0.29) is 24.8 Å². The molecular weight excluding hydrogens is 423 g/mol. The molecular formula is C24H25FN6O2. The van der Waals surface area contributed by atoms with Crippen LogP contribution in [-0.2, 0) is 9.59 Å². The molecule has 0 bridgehead atoms. The predicted molar refractivity (Wildman–Crippen MR) is 124 cm³/mol. The summed E-state index contributed by atoms with van der Waals surface area (Å²) in [7, 11) is 1.64. The first-order chi connectivity index (χ1) is 15.7. The lowest BCUT2D eigenvalue weighted by atomic mass is 10.2. The third kappa shape index (κ3) is 5.61. The summed E-state index contributed by atoms with van der Waals surface area (Å²) in [4.78, 5) is 30.8. The van der Waals surface area contributed by atoms with Crippen LogP contribution in [0.1, 0.15) is 22.5 Å². The van der Waals surface area contributed by atoms with Crippen LogP contribution in [0, 0.1) is 37.9 Å². The highest BCUT2D eigenvalue weighted by molar-refractivity contribution is 5.95. The monoisotopic (exact) mass is 448 g/mol. The number of amides is 2. The third-order valence-corrected chi connectivity index (χ3v) is 5.13. The second kappa shape index (κ2) is 10.1. The number of halogens is 1. The van der Waals surface area contributed by atoms with Gasteiger partial charge in [-0.1, -0.05) is 12.1 Å². The summed E-state index contributed by atoms with van der Waals surface area (Å²) in [5.41, 5.74) is 2.98. The van der Waals surface area contributed by atoms with Crippen molar-refractivity contribution in [1.82, 2.24) is 14.5 Å². The Balaban J connectivity index is 1.73. The SMILES string of the molecule is Cc1cccc(NC(=O)CN(C)CC(=O)Nc2c(C#N)c(C)c(C)n2-c2cccc(F)c2)n1. The molecule has 0 radical (unpaired) electrons. The van der Waals surface area contributed by atoms with Gasteiger partial charge in [0.15, 0.2) is 0 Å². The van der Waals surface area contributed by atoms with Gasteiger partial charge in [0.25, 0.3) is 0 Å². The number of nitrogens with one attached hydrogen (secondary N) is 2. The predicted octanol–water partition coefficient (Wildman–Crippen LogP) is 3.32. The summed E-state index contributed by atoms with van der Waals surface area (Å²) in [6.45, 7) is 5.27. The molecule has 0 atom stereocenters. The van der Waals surface area contributed by atoms with Crippen molar-refractivity contribution in [3.8, 4) is 11.8 Å². The first-order valence-electron chi connectivity index (χ1n) is 10.3. The van der Waals surface area contributed by atoms with E-state index in [0.29, 0.717) is 28.3 Å². The van der Waals surface area contributed by atoms with Gasteiger partial charge in [0.05, 0.1) is 24.3 Å². The second-order valence-corrected chi connectivity index (χ2v) is 7.79. The van der Waals surface area contributed by atoms with Gasteiger partial charge in [0.2, 0.25) is 11.8 Å². The summed E-state index contributed by atoms with van der Waals surface area (Å²) in [6, 6.07) is 13.3. The van der Waals surface area contributed by atoms with E-state index in [2.05, 4.69) is 21.7 Å². The third-order valence-electron chi connectivity index (χ3n) is 5.13. The minimum atomic E-state index is -0.428. The fourth-order valence-electron chi connectivity index (χ4n) is 3.51. The Morgan fingerprint density at radius 2 is 1.76 bits per heavy atom. The van der Waals surface area contributed by atoms with Crippen LogP contribution in [0.4, 0.5) is 16.0 Å². The smallest absolute Gasteiger partial charge is 0.239 e. The Morgan fingerprint density at radius 1 is 1.09 bits per heavy atom. The molecule has 8 nitrogen and oxygen atoms in total. The lowest BCUT2D eigenvalue weighted by Crippen LogP contribution is -2.36. The minimum absolute atomic E-state index is 0.0306. The number of carbonyl (C=O) groups excluding carboxylic acids is 2. The molecule has 2 amide bonds. The number of hydrogen-bond acceptors (Lipinski definition) is 5. The Hall–Kier alpha value is -4.03. The highest BCUT2D eigenvalue weighted by atomic mass is 19.1. The van der Waals surface area contributed by atoms with Gasteiger partial charge in [-0.3, -0.25) is 19.1 Å². The fraction of sp³-hybridized carbons (Fsp3) is 0.250. The zero-order valence-corrected chi connectivity index (χ0v) is 18.9. The topological polar surface area (TPSA) is 103 Å². The van der Waals surface area contributed by atoms with Gasteiger partial charge >= 0.3 is 0 Å². The highest BCUT2D eigenvalue weighted by Gasteiger charge is 2.21. The summed E-state index contributed by atoms with van der Waals surface area (Å²) >= 11 is 0. The van der Waals surface area contributed by atoms with Crippen LogP contribution in [-0.4, -0.2) is 46.4 Å². The number of pyridine rings is 1. The molecule has 9 heteroatoms. The van der Waals surface area contributed by atoms with Crippen LogP contribution in [0.15, 0.2) is 42.5 Å². The Bertz CT molecular complexity index is 1240. The molecule has 2 heterocycles. The maximum absolute atomic E-state index is 13.8. The summed E-state index contributed by atoms with van der Waals surface area (Å²) in [5, 5.41) is 15.1. The molecule has 170 valence electrons. The van der Waals surface area contributed by atoms with Crippen LogP contribution in [0.3, 0.4) is 0 Å². The zero-order chi connectivity index (χ0) is 24.1. The number of nitriles is 1. The van der Waals surface area contributed by atoms with Crippen molar-refractivity contribution in [3.05, 3.63) is 70.8 Å². The average Bonchev–Trinajstić information content (AvgIpc) is 2.96. The Kier molecular flexibility index (Phi) is 7.20. The van der Waals surface area contributed by atoms with Crippen LogP contribution < -0.4 is 10.6 Å². The van der Waals surface area contributed by atoms with Gasteiger partial charge in [0, 0.05) is 11.4 Å². The number of carbonyl (C=O) groups is 2. The quantitative estimate of drug-likeness (QED) is 0.577. The van der Waals surface area contributed by atoms with E-state index in [1.807, 2.05) is 13.0 Å². The van der Waals surface area contributed by atoms with Crippen LogP contribution in [0.25, 0.3) is 5.69 Å². The molecule has 0 aliphatic heterocycles. The number of anilines is 2. The number of hydrogen-bond donors (Lipinski definition) is 2. The average molecular weight is 449 g/mol. The van der Waals surface area contributed by atoms with Crippen molar-refractivity contribution in [2.75, 3.05) is 30.8 Å². The molecule has 3 aromatic rings. The normalized spacial score (nSPS) is 10.7. The second-order valence-electron chi connectivity index (χ2n) is 7.79. The van der Waals surface area contributed by atoms with Gasteiger partial charge in [-0.05, 0) is 63.7 Å². The number of nitrogens with zero attached hydrogens (tertiary/aromatic N) is 4. The number of aromatic nitrogens is 2. The lowest BCUT2D eigenvalue weighted by molar-refractivity contribution is -0.119. The lowest BCUT2D eigenvalue weighted by Gasteiger charge is -2.17. The maximum Gasteiger partial charge on any atom is 0.239 e. The molecule has 2 aromatic heterocycles. The maximum atomic E-state index is 13.8. The van der Waals surface area contributed by atoms with Crippen molar-refractivity contribution in [1.29, 1.82) is 5.26 Å². The van der Waals surface area contributed by atoms with Gasteiger partial charge in [-0.2, -0.15) is 5.26 Å². The number of rotatable bonds is 7. The van der Waals surface area contributed by atoms with Crippen LogP contribution in [0.2, 0.25) is 0 Å². The number of benzene rings is 1. The molecule has 33 heavy (non-hydrogen) atoms. The van der Waals surface area contributed by atoms with Crippen molar-refractivity contribution in [2.45, 2.75) is 20.8 Å². The molecule has 3 rings (SSSR count). The molecule has 0 spiro atoms. The Morgan fingerprint density at radius 3 is 2.39 bits per heavy atom. The Labute approximate surface area is 191 Å². The molecule has 0 aliphatic rings. The first kappa shape index (κ1) is 23.6. The number of likely N-dealkylation sites (N-methyl/N-ethyl adjacent to an activating group) is 1. The molecule has 0 fully saturated rings. The molecule has 2 N–H and O–H groups in total. The van der Waals surface area contributed by atoms with Gasteiger partial charge in [0.1, 0.15) is 23.5 Å².